The third kappa shape index (κ3) is 4.42. The van der Waals surface area contributed by atoms with Crippen LogP contribution in [0.2, 0.25) is 0 Å². The standard InChI is InChI=1S/C11H14BrNO/c1-9(14)3-2-8-13-11-6-4-10(12)5-7-11/h4-7,13H,2-3,8H2,1H3. The molecular formula is C11H14BrNO. The van der Waals surface area contributed by atoms with Crippen molar-refractivity contribution in [2.75, 3.05) is 11.9 Å². The van der Waals surface area contributed by atoms with E-state index in [1.165, 1.54) is 0 Å². The summed E-state index contributed by atoms with van der Waals surface area (Å²) in [5, 5.41) is 3.25. The molecule has 14 heavy (non-hydrogen) atoms. The highest BCUT2D eigenvalue weighted by molar-refractivity contribution is 9.10. The second-order valence-corrected chi connectivity index (χ2v) is 4.15. The SMILES string of the molecule is CC(=O)CCCNc1ccc(Br)cc1. The Morgan fingerprint density at radius 3 is 2.57 bits per heavy atom. The van der Waals surface area contributed by atoms with Crippen molar-refractivity contribution in [3.63, 3.8) is 0 Å². The average molecular weight is 256 g/mol. The van der Waals surface area contributed by atoms with Crippen LogP contribution in [-0.2, 0) is 4.79 Å². The Balaban J connectivity index is 2.25. The first kappa shape index (κ1) is 11.2. The molecule has 0 heterocycles. The highest BCUT2D eigenvalue weighted by Gasteiger charge is 1.94. The summed E-state index contributed by atoms with van der Waals surface area (Å²) in [7, 11) is 0. The van der Waals surface area contributed by atoms with E-state index in [1.54, 1.807) is 6.92 Å². The molecule has 0 saturated carbocycles. The number of ketones is 1. The Bertz CT molecular complexity index is 295. The molecule has 2 nitrogen and oxygen atoms in total. The minimum atomic E-state index is 0.252. The zero-order valence-electron chi connectivity index (χ0n) is 8.22. The van der Waals surface area contributed by atoms with E-state index in [-0.39, 0.29) is 5.78 Å². The van der Waals surface area contributed by atoms with Gasteiger partial charge in [-0.1, -0.05) is 15.9 Å². The number of hydrogen-bond acceptors (Lipinski definition) is 2. The lowest BCUT2D eigenvalue weighted by Crippen LogP contribution is -2.03. The van der Waals surface area contributed by atoms with Crippen molar-refractivity contribution in [3.8, 4) is 0 Å². The Morgan fingerprint density at radius 1 is 1.36 bits per heavy atom. The molecule has 1 aromatic carbocycles. The van der Waals surface area contributed by atoms with Gasteiger partial charge >= 0.3 is 0 Å². The number of carbonyl (C=O) groups excluding carboxylic acids is 1. The molecule has 0 radical (unpaired) electrons. The third-order valence-corrected chi connectivity index (χ3v) is 2.41. The van der Waals surface area contributed by atoms with Gasteiger partial charge in [0.05, 0.1) is 0 Å². The predicted octanol–water partition coefficient (Wildman–Crippen LogP) is 3.23. The second-order valence-electron chi connectivity index (χ2n) is 3.24. The van der Waals surface area contributed by atoms with E-state index in [4.69, 9.17) is 0 Å². The van der Waals surface area contributed by atoms with Gasteiger partial charge in [-0.05, 0) is 37.6 Å². The molecule has 0 unspecified atom stereocenters. The quantitative estimate of drug-likeness (QED) is 0.819. The van der Waals surface area contributed by atoms with Crippen molar-refractivity contribution < 1.29 is 4.79 Å². The monoisotopic (exact) mass is 255 g/mol. The van der Waals surface area contributed by atoms with Crippen LogP contribution in [0.4, 0.5) is 5.69 Å². The van der Waals surface area contributed by atoms with Gasteiger partial charge in [-0.3, -0.25) is 0 Å². The van der Waals surface area contributed by atoms with Crippen LogP contribution in [0.15, 0.2) is 28.7 Å². The largest absolute Gasteiger partial charge is 0.385 e. The van der Waals surface area contributed by atoms with Crippen molar-refractivity contribution in [1.82, 2.24) is 0 Å². The summed E-state index contributed by atoms with van der Waals surface area (Å²) in [6, 6.07) is 8.01. The molecular weight excluding hydrogens is 242 g/mol. The maximum Gasteiger partial charge on any atom is 0.129 e. The van der Waals surface area contributed by atoms with Crippen LogP contribution in [0.25, 0.3) is 0 Å². The average Bonchev–Trinajstić information content (AvgIpc) is 2.15. The number of carbonyl (C=O) groups is 1. The molecule has 1 rings (SSSR count). The van der Waals surface area contributed by atoms with Crippen molar-refractivity contribution in [3.05, 3.63) is 28.7 Å². The topological polar surface area (TPSA) is 29.1 Å². The molecule has 0 aliphatic carbocycles. The molecule has 0 saturated heterocycles. The third-order valence-electron chi connectivity index (χ3n) is 1.88. The van der Waals surface area contributed by atoms with E-state index >= 15 is 0 Å². The molecule has 1 aromatic rings. The minimum absolute atomic E-state index is 0.252. The summed E-state index contributed by atoms with van der Waals surface area (Å²) in [6.45, 7) is 2.47. The smallest absolute Gasteiger partial charge is 0.129 e. The van der Waals surface area contributed by atoms with Crippen LogP contribution in [0.3, 0.4) is 0 Å². The van der Waals surface area contributed by atoms with Gasteiger partial charge in [0.15, 0.2) is 0 Å². The molecule has 1 N–H and O–H groups in total. The van der Waals surface area contributed by atoms with Gasteiger partial charge in [-0.2, -0.15) is 0 Å². The fourth-order valence-electron chi connectivity index (χ4n) is 1.14. The molecule has 0 bridgehead atoms. The minimum Gasteiger partial charge on any atom is -0.385 e. The predicted molar refractivity (Wildman–Crippen MR) is 62.5 cm³/mol. The lowest BCUT2D eigenvalue weighted by Gasteiger charge is -2.04. The van der Waals surface area contributed by atoms with Crippen LogP contribution >= 0.6 is 15.9 Å². The first-order valence-corrected chi connectivity index (χ1v) is 5.46. The lowest BCUT2D eigenvalue weighted by molar-refractivity contribution is -0.117. The molecule has 0 aromatic heterocycles. The molecule has 0 fully saturated rings. The van der Waals surface area contributed by atoms with Crippen molar-refractivity contribution in [2.24, 2.45) is 0 Å². The van der Waals surface area contributed by atoms with E-state index in [0.717, 1.165) is 23.1 Å². The maximum absolute atomic E-state index is 10.7. The summed E-state index contributed by atoms with van der Waals surface area (Å²) >= 11 is 3.37. The summed E-state index contributed by atoms with van der Waals surface area (Å²) in [4.78, 5) is 10.7. The zero-order valence-corrected chi connectivity index (χ0v) is 9.80. The van der Waals surface area contributed by atoms with Gasteiger partial charge in [0.25, 0.3) is 0 Å². The van der Waals surface area contributed by atoms with E-state index in [0.29, 0.717) is 6.42 Å². The number of rotatable bonds is 5. The van der Waals surface area contributed by atoms with E-state index in [1.807, 2.05) is 24.3 Å². The van der Waals surface area contributed by atoms with Gasteiger partial charge in [0.2, 0.25) is 0 Å². The fraction of sp³-hybridized carbons (Fsp3) is 0.364. The zero-order chi connectivity index (χ0) is 10.4. The summed E-state index contributed by atoms with van der Waals surface area (Å²) in [5.74, 6) is 0.252. The van der Waals surface area contributed by atoms with E-state index in [9.17, 15) is 4.79 Å². The number of halogens is 1. The van der Waals surface area contributed by atoms with Gasteiger partial charge in [0.1, 0.15) is 5.78 Å². The van der Waals surface area contributed by atoms with Crippen molar-refractivity contribution in [2.45, 2.75) is 19.8 Å². The van der Waals surface area contributed by atoms with Gasteiger partial charge in [0, 0.05) is 23.1 Å². The summed E-state index contributed by atoms with van der Waals surface area (Å²) in [6.07, 6.45) is 1.55. The van der Waals surface area contributed by atoms with Crippen LogP contribution in [-0.4, -0.2) is 12.3 Å². The van der Waals surface area contributed by atoms with Crippen molar-refractivity contribution in [1.29, 1.82) is 0 Å². The number of anilines is 1. The summed E-state index contributed by atoms with van der Waals surface area (Å²) < 4.78 is 1.08. The first-order valence-electron chi connectivity index (χ1n) is 4.67. The highest BCUT2D eigenvalue weighted by atomic mass is 79.9. The number of benzene rings is 1. The van der Waals surface area contributed by atoms with Gasteiger partial charge < -0.3 is 10.1 Å². The van der Waals surface area contributed by atoms with E-state index in [2.05, 4.69) is 21.2 Å². The van der Waals surface area contributed by atoms with Gasteiger partial charge in [-0.15, -0.1) is 0 Å². The molecule has 0 amide bonds. The first-order chi connectivity index (χ1) is 6.68. The van der Waals surface area contributed by atoms with Crippen LogP contribution in [0, 0.1) is 0 Å². The fourth-order valence-corrected chi connectivity index (χ4v) is 1.40. The van der Waals surface area contributed by atoms with Crippen LogP contribution in [0.1, 0.15) is 19.8 Å². The molecule has 0 spiro atoms. The highest BCUT2D eigenvalue weighted by Crippen LogP contribution is 2.13. The van der Waals surface area contributed by atoms with Crippen LogP contribution < -0.4 is 5.32 Å². The molecule has 0 aliphatic rings. The Labute approximate surface area is 92.8 Å². The molecule has 0 atom stereocenters. The second kappa shape index (κ2) is 5.81. The Morgan fingerprint density at radius 2 is 2.00 bits per heavy atom. The molecule has 0 aliphatic heterocycles. The lowest BCUT2D eigenvalue weighted by atomic mass is 10.2. The molecule has 3 heteroatoms. The van der Waals surface area contributed by atoms with E-state index < -0.39 is 0 Å². The normalized spacial score (nSPS) is 9.86. The summed E-state index contributed by atoms with van der Waals surface area (Å²) in [5.41, 5.74) is 1.09. The Hall–Kier alpha value is -0.830. The van der Waals surface area contributed by atoms with Gasteiger partial charge in [-0.25, -0.2) is 0 Å². The number of Topliss-reactive ketones (excluding diaryl/α,β-unsaturated/α-hetero) is 1. The molecule has 76 valence electrons. The van der Waals surface area contributed by atoms with Crippen molar-refractivity contribution >= 4 is 27.4 Å². The number of hydrogen-bond donors (Lipinski definition) is 1. The van der Waals surface area contributed by atoms with Crippen LogP contribution in [0.5, 0.6) is 0 Å². The number of nitrogens with one attached hydrogen (secondary N) is 1. The Kier molecular flexibility index (Phi) is 4.66. The maximum atomic E-state index is 10.7.